The highest BCUT2D eigenvalue weighted by atomic mass is 19.4. The summed E-state index contributed by atoms with van der Waals surface area (Å²) >= 11 is 0. The van der Waals surface area contributed by atoms with Gasteiger partial charge in [0.05, 0.1) is 18.4 Å². The van der Waals surface area contributed by atoms with Gasteiger partial charge in [-0.15, -0.1) is 0 Å². The number of phenols is 1. The van der Waals surface area contributed by atoms with Gasteiger partial charge in [0.1, 0.15) is 0 Å². The van der Waals surface area contributed by atoms with Gasteiger partial charge in [-0.25, -0.2) is 5.43 Å². The summed E-state index contributed by atoms with van der Waals surface area (Å²) in [6, 6.07) is 15.1. The Balaban J connectivity index is 1.42. The molecule has 0 aromatic heterocycles. The van der Waals surface area contributed by atoms with Crippen molar-refractivity contribution in [2.24, 2.45) is 5.10 Å². The zero-order chi connectivity index (χ0) is 24.3. The van der Waals surface area contributed by atoms with E-state index in [1.54, 1.807) is 43.3 Å². The fraction of sp³-hybridized carbons (Fsp3) is 0.200. The summed E-state index contributed by atoms with van der Waals surface area (Å²) < 4.78 is 44.5. The Morgan fingerprint density at radius 3 is 2.68 bits per heavy atom. The molecule has 0 aliphatic carbocycles. The highest BCUT2D eigenvalue weighted by molar-refractivity contribution is 5.95. The molecule has 0 fully saturated rings. The number of hydrogen-bond donors (Lipinski definition) is 2. The molecule has 4 rings (SSSR count). The lowest BCUT2D eigenvalue weighted by Gasteiger charge is -2.19. The molecule has 6 nitrogen and oxygen atoms in total. The predicted molar refractivity (Wildman–Crippen MR) is 122 cm³/mol. The van der Waals surface area contributed by atoms with Gasteiger partial charge in [-0.2, -0.15) is 18.3 Å². The number of carbonyl (C=O) groups is 1. The van der Waals surface area contributed by atoms with Crippen molar-refractivity contribution in [1.29, 1.82) is 0 Å². The van der Waals surface area contributed by atoms with Crippen molar-refractivity contribution in [3.8, 4) is 11.5 Å². The number of nitrogens with zero attached hydrogens (tertiary/aromatic N) is 2. The van der Waals surface area contributed by atoms with E-state index in [9.17, 15) is 23.1 Å². The van der Waals surface area contributed by atoms with Gasteiger partial charge in [0, 0.05) is 24.3 Å². The molecule has 1 heterocycles. The first-order valence-corrected chi connectivity index (χ1v) is 10.6. The van der Waals surface area contributed by atoms with Crippen LogP contribution in [0.4, 0.5) is 18.9 Å². The lowest BCUT2D eigenvalue weighted by atomic mass is 10.1. The Hall–Kier alpha value is -4.01. The minimum atomic E-state index is -4.40. The minimum Gasteiger partial charge on any atom is -0.504 e. The first-order chi connectivity index (χ1) is 16.2. The van der Waals surface area contributed by atoms with Gasteiger partial charge in [0.2, 0.25) is 0 Å². The number of fused-ring (bicyclic) bond motifs is 1. The van der Waals surface area contributed by atoms with E-state index in [0.717, 1.165) is 23.3 Å². The summed E-state index contributed by atoms with van der Waals surface area (Å²) in [5.74, 6) is -0.0811. The Morgan fingerprint density at radius 2 is 1.91 bits per heavy atom. The average molecular weight is 469 g/mol. The van der Waals surface area contributed by atoms with Crippen LogP contribution in [0.25, 0.3) is 0 Å². The standard InChI is InChI=1S/C25H22F3N3O3/c1-2-34-23-10-16(6-9-22(23)32)13-29-30-24(33)17-7-8-18-14-31(15-19(18)11-17)21-5-3-4-20(12-21)25(26,27)28/h3-13,32H,2,14-15H2,1H3,(H,30,33)/b29-13+. The number of hydrogen-bond acceptors (Lipinski definition) is 5. The van der Waals surface area contributed by atoms with E-state index in [0.29, 0.717) is 42.3 Å². The van der Waals surface area contributed by atoms with E-state index >= 15 is 0 Å². The lowest BCUT2D eigenvalue weighted by molar-refractivity contribution is -0.137. The summed E-state index contributed by atoms with van der Waals surface area (Å²) in [4.78, 5) is 14.4. The Kier molecular flexibility index (Phi) is 6.45. The van der Waals surface area contributed by atoms with Crippen molar-refractivity contribution in [1.82, 2.24) is 5.43 Å². The second-order valence-corrected chi connectivity index (χ2v) is 7.75. The summed E-state index contributed by atoms with van der Waals surface area (Å²) in [5.41, 5.74) is 5.08. The molecule has 9 heteroatoms. The van der Waals surface area contributed by atoms with Crippen LogP contribution in [0.1, 0.15) is 39.5 Å². The van der Waals surface area contributed by atoms with E-state index in [4.69, 9.17) is 4.74 Å². The van der Waals surface area contributed by atoms with Gasteiger partial charge in [-0.1, -0.05) is 12.1 Å². The largest absolute Gasteiger partial charge is 0.504 e. The number of hydrazone groups is 1. The van der Waals surface area contributed by atoms with E-state index in [2.05, 4.69) is 10.5 Å². The fourth-order valence-electron chi connectivity index (χ4n) is 3.71. The Bertz CT molecular complexity index is 1240. The number of rotatable bonds is 6. The molecule has 176 valence electrons. The number of anilines is 1. The molecule has 1 aliphatic rings. The highest BCUT2D eigenvalue weighted by Gasteiger charge is 2.31. The van der Waals surface area contributed by atoms with Gasteiger partial charge >= 0.3 is 6.18 Å². The molecule has 3 aromatic rings. The molecule has 0 atom stereocenters. The number of amides is 1. The number of halogens is 3. The van der Waals surface area contributed by atoms with Crippen molar-refractivity contribution in [3.05, 3.63) is 88.5 Å². The number of benzene rings is 3. The average Bonchev–Trinajstić information content (AvgIpc) is 3.24. The number of alkyl halides is 3. The van der Waals surface area contributed by atoms with Crippen molar-refractivity contribution in [2.45, 2.75) is 26.2 Å². The van der Waals surface area contributed by atoms with Gasteiger partial charge in [-0.05, 0) is 72.1 Å². The third-order valence-corrected chi connectivity index (χ3v) is 5.39. The van der Waals surface area contributed by atoms with Crippen LogP contribution in [0.15, 0.2) is 65.8 Å². The van der Waals surface area contributed by atoms with E-state index in [1.807, 2.05) is 4.90 Å². The first kappa shape index (κ1) is 23.2. The maximum absolute atomic E-state index is 13.0. The van der Waals surface area contributed by atoms with E-state index in [-0.39, 0.29) is 5.75 Å². The zero-order valence-electron chi connectivity index (χ0n) is 18.3. The van der Waals surface area contributed by atoms with Crippen LogP contribution in [0.3, 0.4) is 0 Å². The van der Waals surface area contributed by atoms with E-state index < -0.39 is 17.6 Å². The molecular formula is C25H22F3N3O3. The van der Waals surface area contributed by atoms with Crippen molar-refractivity contribution < 1.29 is 27.8 Å². The summed E-state index contributed by atoms with van der Waals surface area (Å²) in [6.07, 6.45) is -2.97. The first-order valence-electron chi connectivity index (χ1n) is 10.6. The maximum atomic E-state index is 13.0. The molecule has 3 aromatic carbocycles. The van der Waals surface area contributed by atoms with Gasteiger partial charge in [0.15, 0.2) is 11.5 Å². The zero-order valence-corrected chi connectivity index (χ0v) is 18.3. The molecular weight excluding hydrogens is 447 g/mol. The van der Waals surface area contributed by atoms with Gasteiger partial charge in [-0.3, -0.25) is 4.79 Å². The molecule has 0 bridgehead atoms. The number of aromatic hydroxyl groups is 1. The third-order valence-electron chi connectivity index (χ3n) is 5.39. The predicted octanol–water partition coefficient (Wildman–Crippen LogP) is 5.09. The van der Waals surface area contributed by atoms with E-state index in [1.165, 1.54) is 18.3 Å². The number of carbonyl (C=O) groups excluding carboxylic acids is 1. The second-order valence-electron chi connectivity index (χ2n) is 7.75. The summed E-state index contributed by atoms with van der Waals surface area (Å²) in [7, 11) is 0. The second kappa shape index (κ2) is 9.46. The number of phenolic OH excluding ortho intramolecular Hbond substituents is 1. The third kappa shape index (κ3) is 5.14. The van der Waals surface area contributed by atoms with Crippen molar-refractivity contribution in [3.63, 3.8) is 0 Å². The van der Waals surface area contributed by atoms with Gasteiger partial charge in [0.25, 0.3) is 5.91 Å². The molecule has 0 spiro atoms. The highest BCUT2D eigenvalue weighted by Crippen LogP contribution is 2.34. The van der Waals surface area contributed by atoms with Crippen LogP contribution < -0.4 is 15.1 Å². The number of nitrogens with one attached hydrogen (secondary N) is 1. The van der Waals surface area contributed by atoms with Crippen LogP contribution in [0.5, 0.6) is 11.5 Å². The number of ether oxygens (including phenoxy) is 1. The Morgan fingerprint density at radius 1 is 1.12 bits per heavy atom. The van der Waals surface area contributed by atoms with Crippen LogP contribution >= 0.6 is 0 Å². The topological polar surface area (TPSA) is 74.2 Å². The molecule has 1 aliphatic heterocycles. The molecule has 34 heavy (non-hydrogen) atoms. The summed E-state index contributed by atoms with van der Waals surface area (Å²) in [6.45, 7) is 3.05. The molecule has 0 saturated heterocycles. The minimum absolute atomic E-state index is 0.0142. The molecule has 0 unspecified atom stereocenters. The fourth-order valence-corrected chi connectivity index (χ4v) is 3.71. The van der Waals surface area contributed by atoms with Crippen molar-refractivity contribution >= 4 is 17.8 Å². The smallest absolute Gasteiger partial charge is 0.416 e. The SMILES string of the molecule is CCOc1cc(/C=N/NC(=O)c2ccc3c(c2)CN(c2cccc(C(F)(F)F)c2)C3)ccc1O. The van der Waals surface area contributed by atoms with Crippen LogP contribution in [0.2, 0.25) is 0 Å². The monoisotopic (exact) mass is 469 g/mol. The molecule has 1 amide bonds. The van der Waals surface area contributed by atoms with Crippen LogP contribution in [-0.4, -0.2) is 23.8 Å². The van der Waals surface area contributed by atoms with Crippen molar-refractivity contribution in [2.75, 3.05) is 11.5 Å². The quantitative estimate of drug-likeness (QED) is 0.390. The molecule has 0 saturated carbocycles. The Labute approximate surface area is 194 Å². The lowest BCUT2D eigenvalue weighted by Crippen LogP contribution is -2.18. The molecule has 2 N–H and O–H groups in total. The van der Waals surface area contributed by atoms with Crippen LogP contribution in [-0.2, 0) is 19.3 Å². The van der Waals surface area contributed by atoms with Crippen LogP contribution in [0, 0.1) is 0 Å². The van der Waals surface area contributed by atoms with Gasteiger partial charge < -0.3 is 14.7 Å². The normalized spacial score (nSPS) is 13.2. The summed E-state index contributed by atoms with van der Waals surface area (Å²) in [5, 5.41) is 13.7. The molecule has 0 radical (unpaired) electrons. The maximum Gasteiger partial charge on any atom is 0.416 e.